The van der Waals surface area contributed by atoms with Gasteiger partial charge < -0.3 is 19.7 Å². The molecule has 2 N–H and O–H groups in total. The van der Waals surface area contributed by atoms with Gasteiger partial charge in [0.05, 0.1) is 19.8 Å². The highest BCUT2D eigenvalue weighted by atomic mass is 16.5. The van der Waals surface area contributed by atoms with Crippen molar-refractivity contribution in [3.8, 4) is 5.75 Å². The third-order valence-corrected chi connectivity index (χ3v) is 2.58. The molecule has 0 saturated heterocycles. The molecule has 1 aromatic rings. The predicted molar refractivity (Wildman–Crippen MR) is 97.4 cm³/mol. The Hall–Kier alpha value is -1.43. The number of aliphatic hydroxyl groups excluding tert-OH is 2. The van der Waals surface area contributed by atoms with Crippen LogP contribution in [-0.4, -0.2) is 48.0 Å². The van der Waals surface area contributed by atoms with E-state index in [-0.39, 0.29) is 61.9 Å². The Kier molecular flexibility index (Phi) is 18.2. The predicted octanol–water partition coefficient (Wildman–Crippen LogP) is 3.57. The molecule has 0 aliphatic heterocycles. The highest BCUT2D eigenvalue weighted by Crippen LogP contribution is 2.19. The van der Waals surface area contributed by atoms with Crippen LogP contribution in [0.4, 0.5) is 0 Å². The molecule has 0 aliphatic rings. The number of carbonyl (C=O) groups is 1. The Labute approximate surface area is 142 Å². The Morgan fingerprint density at radius 1 is 0.957 bits per heavy atom. The lowest BCUT2D eigenvalue weighted by Crippen LogP contribution is -2.36. The smallest absolute Gasteiger partial charge is 0.194 e. The molecule has 0 aliphatic carbocycles. The number of ether oxygens (including phenoxy) is 2. The fourth-order valence-corrected chi connectivity index (χ4v) is 1.58. The molecule has 0 atom stereocenters. The summed E-state index contributed by atoms with van der Waals surface area (Å²) in [5.41, 5.74) is -0.463. The molecule has 0 heterocycles. The van der Waals surface area contributed by atoms with Crippen LogP contribution in [0.1, 0.15) is 53.9 Å². The molecule has 0 amide bonds. The molecular weight excluding hydrogens is 296 g/mol. The lowest BCUT2D eigenvalue weighted by molar-refractivity contribution is -0.0174. The topological polar surface area (TPSA) is 76.0 Å². The summed E-state index contributed by atoms with van der Waals surface area (Å²) in [5, 5.41) is 17.4. The van der Waals surface area contributed by atoms with Crippen LogP contribution in [0, 0.1) is 0 Å². The number of ketones is 1. The van der Waals surface area contributed by atoms with Crippen LogP contribution in [0.5, 0.6) is 5.75 Å². The maximum atomic E-state index is 12.2. The van der Waals surface area contributed by atoms with Crippen molar-refractivity contribution in [1.29, 1.82) is 0 Å². The summed E-state index contributed by atoms with van der Waals surface area (Å²) in [6, 6.07) is 6.65. The van der Waals surface area contributed by atoms with E-state index in [1.54, 1.807) is 38.1 Å². The van der Waals surface area contributed by atoms with Crippen LogP contribution in [-0.2, 0) is 4.74 Å². The first-order chi connectivity index (χ1) is 9.01. The third-order valence-electron chi connectivity index (χ3n) is 2.58. The van der Waals surface area contributed by atoms with Crippen molar-refractivity contribution in [3.63, 3.8) is 0 Å². The largest absolute Gasteiger partial charge is 0.491 e. The lowest BCUT2D eigenvalue weighted by atomic mass is 9.96. The maximum absolute atomic E-state index is 12.2. The normalized spacial score (nSPS) is 9.39. The Balaban J connectivity index is -0.000000451. The first kappa shape index (κ1) is 29.6. The van der Waals surface area contributed by atoms with Crippen molar-refractivity contribution < 1.29 is 24.5 Å². The summed E-state index contributed by atoms with van der Waals surface area (Å²) in [4.78, 5) is 12.2. The quantitative estimate of drug-likeness (QED) is 0.712. The van der Waals surface area contributed by atoms with Crippen molar-refractivity contribution in [3.05, 3.63) is 29.8 Å². The molecule has 0 saturated carbocycles. The molecule has 0 aromatic heterocycles. The van der Waals surface area contributed by atoms with Crippen LogP contribution in [0.15, 0.2) is 24.3 Å². The van der Waals surface area contributed by atoms with Gasteiger partial charge >= 0.3 is 0 Å². The van der Waals surface area contributed by atoms with Gasteiger partial charge in [-0.15, -0.1) is 0 Å². The second kappa shape index (κ2) is 14.2. The molecule has 5 heteroatoms. The lowest BCUT2D eigenvalue weighted by Gasteiger charge is -2.23. The first-order valence-electron chi connectivity index (χ1n) is 6.14. The van der Waals surface area contributed by atoms with Gasteiger partial charge in [0.2, 0.25) is 0 Å². The number of benzene rings is 1. The van der Waals surface area contributed by atoms with E-state index in [1.807, 2.05) is 0 Å². The van der Waals surface area contributed by atoms with Crippen molar-refractivity contribution in [1.82, 2.24) is 0 Å². The molecule has 0 fully saturated rings. The Bertz CT molecular complexity index is 398. The van der Waals surface area contributed by atoms with Gasteiger partial charge in [-0.2, -0.15) is 0 Å². The molecule has 5 nitrogen and oxygen atoms in total. The van der Waals surface area contributed by atoms with Gasteiger partial charge in [0.15, 0.2) is 5.78 Å². The highest BCUT2D eigenvalue weighted by Gasteiger charge is 2.29. The van der Waals surface area contributed by atoms with Gasteiger partial charge in [0.25, 0.3) is 0 Å². The first-order valence-corrected chi connectivity index (χ1v) is 6.14. The summed E-state index contributed by atoms with van der Waals surface area (Å²) in [7, 11) is 0. The molecule has 23 heavy (non-hydrogen) atoms. The zero-order chi connectivity index (χ0) is 14.3. The summed E-state index contributed by atoms with van der Waals surface area (Å²) >= 11 is 0. The number of Topliss-reactive ketones (excluding diaryl/α,β-unsaturated/α-hetero) is 1. The van der Waals surface area contributed by atoms with E-state index in [1.165, 1.54) is 0 Å². The molecule has 0 unspecified atom stereocenters. The number of hydrogen-bond acceptors (Lipinski definition) is 5. The van der Waals surface area contributed by atoms with E-state index >= 15 is 0 Å². The van der Waals surface area contributed by atoms with E-state index in [9.17, 15) is 4.79 Å². The van der Waals surface area contributed by atoms with E-state index in [4.69, 9.17) is 19.7 Å². The monoisotopic (exact) mass is 332 g/mol. The van der Waals surface area contributed by atoms with Crippen LogP contribution in [0.25, 0.3) is 0 Å². The summed E-state index contributed by atoms with van der Waals surface area (Å²) in [6.45, 7) is 3.50. The molecule has 1 aromatic carbocycles. The van der Waals surface area contributed by atoms with E-state index < -0.39 is 5.60 Å². The SMILES string of the molecule is C.C.C.C.CC(C)(OCCO)C(=O)c1ccc(OCCO)cc1. The molecule has 0 radical (unpaired) electrons. The Morgan fingerprint density at radius 3 is 1.87 bits per heavy atom. The van der Waals surface area contributed by atoms with Gasteiger partial charge in [-0.25, -0.2) is 0 Å². The van der Waals surface area contributed by atoms with Crippen molar-refractivity contribution >= 4 is 5.78 Å². The average molecular weight is 332 g/mol. The summed E-state index contributed by atoms with van der Waals surface area (Å²) in [6.07, 6.45) is 0. The van der Waals surface area contributed by atoms with Gasteiger partial charge in [-0.3, -0.25) is 4.79 Å². The summed E-state index contributed by atoms with van der Waals surface area (Å²) < 4.78 is 10.5. The minimum atomic E-state index is -0.976. The van der Waals surface area contributed by atoms with Crippen LogP contribution in [0.3, 0.4) is 0 Å². The number of rotatable bonds is 8. The van der Waals surface area contributed by atoms with Crippen LogP contribution >= 0.6 is 0 Å². The van der Waals surface area contributed by atoms with Gasteiger partial charge in [-0.05, 0) is 38.1 Å². The van der Waals surface area contributed by atoms with E-state index in [2.05, 4.69) is 0 Å². The van der Waals surface area contributed by atoms with Crippen molar-refractivity contribution in [2.75, 3.05) is 26.4 Å². The fraction of sp³-hybridized carbons (Fsp3) is 0.611. The second-order valence-electron chi connectivity index (χ2n) is 4.51. The molecular formula is C18H36O5. The molecule has 0 bridgehead atoms. The van der Waals surface area contributed by atoms with Gasteiger partial charge in [0.1, 0.15) is 18.0 Å². The summed E-state index contributed by atoms with van der Waals surface area (Å²) in [5.74, 6) is 0.439. The van der Waals surface area contributed by atoms with E-state index in [0.29, 0.717) is 11.3 Å². The van der Waals surface area contributed by atoms with Crippen LogP contribution < -0.4 is 4.74 Å². The zero-order valence-corrected chi connectivity index (χ0v) is 11.3. The minimum absolute atomic E-state index is 0. The maximum Gasteiger partial charge on any atom is 0.194 e. The highest BCUT2D eigenvalue weighted by molar-refractivity contribution is 6.02. The van der Waals surface area contributed by atoms with E-state index in [0.717, 1.165) is 0 Å². The average Bonchev–Trinajstić information content (AvgIpc) is 2.42. The molecule has 0 spiro atoms. The molecule has 138 valence electrons. The fourth-order valence-electron chi connectivity index (χ4n) is 1.58. The van der Waals surface area contributed by atoms with Crippen molar-refractivity contribution in [2.24, 2.45) is 0 Å². The van der Waals surface area contributed by atoms with Gasteiger partial charge in [-0.1, -0.05) is 29.7 Å². The minimum Gasteiger partial charge on any atom is -0.491 e. The number of aliphatic hydroxyl groups is 2. The Morgan fingerprint density at radius 2 is 1.43 bits per heavy atom. The van der Waals surface area contributed by atoms with Gasteiger partial charge in [0, 0.05) is 5.56 Å². The third kappa shape index (κ3) is 9.33. The van der Waals surface area contributed by atoms with Crippen molar-refractivity contribution in [2.45, 2.75) is 49.2 Å². The number of carbonyl (C=O) groups excluding carboxylic acids is 1. The molecule has 1 rings (SSSR count). The standard InChI is InChI=1S/C14H20O5.4CH4/c1-14(2,19-10-8-16)13(17)11-3-5-12(6-4-11)18-9-7-15;;;;/h3-6,15-16H,7-10H2,1-2H3;4*1H4. The van der Waals surface area contributed by atoms with Crippen LogP contribution in [0.2, 0.25) is 0 Å². The zero-order valence-electron chi connectivity index (χ0n) is 11.3. The second-order valence-corrected chi connectivity index (χ2v) is 4.51. The number of hydrogen-bond donors (Lipinski definition) is 2.